The molecule has 0 unspecified atom stereocenters. The highest BCUT2D eigenvalue weighted by atomic mass is 19.1. The summed E-state index contributed by atoms with van der Waals surface area (Å²) in [5.74, 6) is -0.245. The molecule has 2 heterocycles. The van der Waals surface area contributed by atoms with Crippen molar-refractivity contribution in [3.8, 4) is 44.8 Å². The molecule has 0 saturated carbocycles. The molecule has 0 radical (unpaired) electrons. The summed E-state index contributed by atoms with van der Waals surface area (Å²) >= 11 is 0. The lowest BCUT2D eigenvalue weighted by Gasteiger charge is -2.18. The molecule has 0 N–H and O–H groups in total. The number of hydrogen-bond acceptors (Lipinski definition) is 0. The molecule has 0 atom stereocenters. The van der Waals surface area contributed by atoms with Gasteiger partial charge < -0.3 is 9.13 Å². The van der Waals surface area contributed by atoms with Crippen LogP contribution in [0.3, 0.4) is 0 Å². The molecule has 0 fully saturated rings. The number of benzene rings is 10. The molecule has 10 aromatic carbocycles. The second kappa shape index (κ2) is 13.2. The van der Waals surface area contributed by atoms with E-state index >= 15 is 4.39 Å². The van der Waals surface area contributed by atoms with Crippen molar-refractivity contribution in [1.82, 2.24) is 9.13 Å². The summed E-state index contributed by atoms with van der Waals surface area (Å²) in [6.07, 6.45) is 0. The summed E-state index contributed by atoms with van der Waals surface area (Å²) in [5, 5.41) is 9.23. The maximum Gasteiger partial charge on any atom is 0.123 e. The Morgan fingerprint density at radius 3 is 1.19 bits per heavy atom. The summed E-state index contributed by atoms with van der Waals surface area (Å²) in [6, 6.07) is 74.8. The van der Waals surface area contributed by atoms with Gasteiger partial charge in [-0.05, 0) is 128 Å². The fraction of sp³-hybridized carbons (Fsp3) is 0. The van der Waals surface area contributed by atoms with Gasteiger partial charge in [0.1, 0.15) is 5.82 Å². The molecule has 2 nitrogen and oxygen atoms in total. The Kier molecular flexibility index (Phi) is 7.45. The third kappa shape index (κ3) is 5.18. The third-order valence-electron chi connectivity index (χ3n) is 12.2. The predicted octanol–water partition coefficient (Wildman–Crippen LogP) is 15.3. The maximum atomic E-state index is 15.1. The zero-order chi connectivity index (χ0) is 39.0. The first-order chi connectivity index (χ1) is 29.2. The monoisotopic (exact) mass is 754 g/mol. The van der Waals surface area contributed by atoms with Gasteiger partial charge in [-0.25, -0.2) is 4.39 Å². The summed E-state index contributed by atoms with van der Waals surface area (Å²) in [5.41, 5.74) is 13.6. The Bertz CT molecular complexity index is 3540. The minimum Gasteiger partial charge on any atom is -0.309 e. The van der Waals surface area contributed by atoms with Gasteiger partial charge in [0.05, 0.1) is 22.1 Å². The van der Waals surface area contributed by atoms with Crippen molar-refractivity contribution in [1.29, 1.82) is 0 Å². The number of para-hydroxylation sites is 2. The molecule has 276 valence electrons. The van der Waals surface area contributed by atoms with Crippen molar-refractivity contribution in [3.05, 3.63) is 218 Å². The Labute approximate surface area is 340 Å². The fourth-order valence-electron chi connectivity index (χ4n) is 9.59. The zero-order valence-corrected chi connectivity index (χ0v) is 32.0. The van der Waals surface area contributed by atoms with Crippen molar-refractivity contribution in [3.63, 3.8) is 0 Å². The second-order valence-electron chi connectivity index (χ2n) is 15.4. The third-order valence-corrected chi connectivity index (χ3v) is 12.2. The molecule has 0 bridgehead atoms. The molecule has 0 aliphatic carbocycles. The molecule has 0 aliphatic heterocycles. The number of halogens is 1. The predicted molar refractivity (Wildman–Crippen MR) is 246 cm³/mol. The molecule has 0 spiro atoms. The molecule has 12 aromatic rings. The van der Waals surface area contributed by atoms with Crippen LogP contribution in [0.5, 0.6) is 0 Å². The summed E-state index contributed by atoms with van der Waals surface area (Å²) in [7, 11) is 0. The molecule has 0 aliphatic rings. The van der Waals surface area contributed by atoms with Gasteiger partial charge in [-0.15, -0.1) is 0 Å². The van der Waals surface area contributed by atoms with Gasteiger partial charge >= 0.3 is 0 Å². The zero-order valence-electron chi connectivity index (χ0n) is 32.0. The van der Waals surface area contributed by atoms with Crippen LogP contribution in [-0.4, -0.2) is 9.13 Å². The summed E-state index contributed by atoms with van der Waals surface area (Å²) in [4.78, 5) is 0. The smallest absolute Gasteiger partial charge is 0.123 e. The molecular formula is C56H35FN2. The number of fused-ring (bicyclic) bond motifs is 8. The first kappa shape index (κ1) is 33.4. The normalized spacial score (nSPS) is 11.8. The number of rotatable bonds is 5. The lowest BCUT2D eigenvalue weighted by atomic mass is 9.86. The minimum absolute atomic E-state index is 0.245. The molecule has 0 amide bonds. The summed E-state index contributed by atoms with van der Waals surface area (Å²) in [6.45, 7) is 0. The molecule has 2 aromatic heterocycles. The van der Waals surface area contributed by atoms with Crippen LogP contribution in [0.15, 0.2) is 212 Å². The quantitative estimate of drug-likeness (QED) is 0.155. The fourth-order valence-corrected chi connectivity index (χ4v) is 9.59. The molecule has 3 heteroatoms. The number of nitrogens with zero attached hydrogens (tertiary/aromatic N) is 2. The highest BCUT2D eigenvalue weighted by Gasteiger charge is 2.19. The van der Waals surface area contributed by atoms with Crippen LogP contribution in [0.25, 0.3) is 110 Å². The van der Waals surface area contributed by atoms with Crippen LogP contribution in [-0.2, 0) is 0 Å². The second-order valence-corrected chi connectivity index (χ2v) is 15.4. The van der Waals surface area contributed by atoms with Crippen LogP contribution < -0.4 is 0 Å². The number of aromatic nitrogens is 2. The van der Waals surface area contributed by atoms with Gasteiger partial charge in [-0.2, -0.15) is 0 Å². The first-order valence-corrected chi connectivity index (χ1v) is 20.1. The average Bonchev–Trinajstić information content (AvgIpc) is 3.80. The van der Waals surface area contributed by atoms with E-state index in [0.717, 1.165) is 55.4 Å². The van der Waals surface area contributed by atoms with Crippen molar-refractivity contribution in [2.75, 3.05) is 0 Å². The van der Waals surface area contributed by atoms with Gasteiger partial charge in [0, 0.05) is 32.9 Å². The van der Waals surface area contributed by atoms with Gasteiger partial charge in [0.2, 0.25) is 0 Å². The SMILES string of the molecule is Fc1ccc2c(c1)c1cc(-c3ccc4c(c3)c3ccccc3n4-c3ccccc3)ccc1n2-c1ccc(-c2c3ccccc3c(-c3ccccc3)c3ccccc23)cc1. The Morgan fingerprint density at radius 2 is 0.627 bits per heavy atom. The van der Waals surface area contributed by atoms with Gasteiger partial charge in [-0.1, -0.05) is 140 Å². The van der Waals surface area contributed by atoms with Gasteiger partial charge in [0.25, 0.3) is 0 Å². The van der Waals surface area contributed by atoms with E-state index < -0.39 is 0 Å². The van der Waals surface area contributed by atoms with Crippen molar-refractivity contribution >= 4 is 65.2 Å². The van der Waals surface area contributed by atoms with E-state index in [1.807, 2.05) is 6.07 Å². The van der Waals surface area contributed by atoms with Crippen molar-refractivity contribution < 1.29 is 4.39 Å². The van der Waals surface area contributed by atoms with Crippen LogP contribution in [0.2, 0.25) is 0 Å². The van der Waals surface area contributed by atoms with E-state index in [9.17, 15) is 0 Å². The lowest BCUT2D eigenvalue weighted by molar-refractivity contribution is 0.629. The van der Waals surface area contributed by atoms with E-state index in [4.69, 9.17) is 0 Å². The van der Waals surface area contributed by atoms with E-state index in [1.54, 1.807) is 12.1 Å². The molecule has 0 saturated heterocycles. The van der Waals surface area contributed by atoms with Crippen LogP contribution in [0.1, 0.15) is 0 Å². The Morgan fingerprint density at radius 1 is 0.254 bits per heavy atom. The van der Waals surface area contributed by atoms with Gasteiger partial charge in [-0.3, -0.25) is 0 Å². The van der Waals surface area contributed by atoms with E-state index in [1.165, 1.54) is 54.5 Å². The topological polar surface area (TPSA) is 9.86 Å². The first-order valence-electron chi connectivity index (χ1n) is 20.1. The van der Waals surface area contributed by atoms with E-state index in [-0.39, 0.29) is 5.82 Å². The van der Waals surface area contributed by atoms with Crippen LogP contribution in [0, 0.1) is 5.82 Å². The highest BCUT2D eigenvalue weighted by molar-refractivity contribution is 6.21. The van der Waals surface area contributed by atoms with Crippen LogP contribution >= 0.6 is 0 Å². The van der Waals surface area contributed by atoms with E-state index in [2.05, 4.69) is 203 Å². The Balaban J connectivity index is 1.00. The number of hydrogen-bond donors (Lipinski definition) is 0. The largest absolute Gasteiger partial charge is 0.309 e. The summed E-state index contributed by atoms with van der Waals surface area (Å²) < 4.78 is 19.7. The minimum atomic E-state index is -0.245. The molecule has 12 rings (SSSR count). The Hall–Kier alpha value is -7.75. The van der Waals surface area contributed by atoms with Crippen molar-refractivity contribution in [2.24, 2.45) is 0 Å². The molecular weight excluding hydrogens is 720 g/mol. The van der Waals surface area contributed by atoms with Crippen molar-refractivity contribution in [2.45, 2.75) is 0 Å². The van der Waals surface area contributed by atoms with E-state index in [0.29, 0.717) is 0 Å². The van der Waals surface area contributed by atoms with Crippen LogP contribution in [0.4, 0.5) is 4.39 Å². The molecule has 59 heavy (non-hydrogen) atoms. The standard InChI is InChI=1S/C56H35FN2/c57-40-27-32-54-50(35-40)49-34-39(38-25-30-52-48(33-38)43-17-11-12-22-51(43)58(52)41-15-5-2-6-16-41)26-31-53(49)59(54)42-28-23-37(24-29-42)56-46-20-9-7-18-44(46)55(36-13-3-1-4-14-36)45-19-8-10-21-47(45)56/h1-35H. The highest BCUT2D eigenvalue weighted by Crippen LogP contribution is 2.44. The van der Waals surface area contributed by atoms with Gasteiger partial charge in [0.15, 0.2) is 0 Å². The lowest BCUT2D eigenvalue weighted by Crippen LogP contribution is -1.95. The average molecular weight is 755 g/mol. The maximum absolute atomic E-state index is 15.1.